The van der Waals surface area contributed by atoms with Crippen LogP contribution in [0.1, 0.15) is 28.6 Å². The van der Waals surface area contributed by atoms with Crippen molar-refractivity contribution in [2.75, 3.05) is 20.2 Å². The van der Waals surface area contributed by atoms with Crippen molar-refractivity contribution in [1.82, 2.24) is 15.5 Å². The predicted octanol–water partition coefficient (Wildman–Crippen LogP) is 1.60. The molecule has 0 bridgehead atoms. The van der Waals surface area contributed by atoms with E-state index in [1.807, 2.05) is 0 Å². The fourth-order valence-corrected chi connectivity index (χ4v) is 2.26. The first-order valence-corrected chi connectivity index (χ1v) is 6.51. The Bertz CT molecular complexity index is 600. The summed E-state index contributed by atoms with van der Waals surface area (Å²) >= 11 is 0. The molecule has 0 spiro atoms. The van der Waals surface area contributed by atoms with Crippen LogP contribution < -0.4 is 5.32 Å². The minimum atomic E-state index is -0.359. The third-order valence-electron chi connectivity index (χ3n) is 3.42. The normalized spacial score (nSPS) is 18.1. The molecule has 0 unspecified atom stereocenters. The third-order valence-corrected chi connectivity index (χ3v) is 3.42. The van der Waals surface area contributed by atoms with E-state index in [0.717, 1.165) is 25.1 Å². The largest absolute Gasteiger partial charge is 0.465 e. The Morgan fingerprint density at radius 1 is 1.40 bits per heavy atom. The summed E-state index contributed by atoms with van der Waals surface area (Å²) in [5.41, 5.74) is 1.32. The average molecular weight is 273 g/mol. The molecule has 6 heteroatoms. The molecule has 1 atom stereocenters. The number of carbonyl (C=O) groups excluding carboxylic acids is 1. The van der Waals surface area contributed by atoms with Crippen LogP contribution in [0.5, 0.6) is 0 Å². The van der Waals surface area contributed by atoms with E-state index >= 15 is 0 Å². The van der Waals surface area contributed by atoms with Crippen molar-refractivity contribution in [2.45, 2.75) is 12.3 Å². The Morgan fingerprint density at radius 2 is 2.20 bits per heavy atom. The fraction of sp³-hybridized carbons (Fsp3) is 0.357. The summed E-state index contributed by atoms with van der Waals surface area (Å²) in [4.78, 5) is 15.8. The second kappa shape index (κ2) is 5.42. The molecule has 20 heavy (non-hydrogen) atoms. The molecule has 2 heterocycles. The van der Waals surface area contributed by atoms with Gasteiger partial charge in [-0.1, -0.05) is 17.3 Å². The summed E-state index contributed by atoms with van der Waals surface area (Å²) in [6, 6.07) is 6.95. The van der Waals surface area contributed by atoms with Gasteiger partial charge in [-0.3, -0.25) is 0 Å². The van der Waals surface area contributed by atoms with Gasteiger partial charge < -0.3 is 14.6 Å². The zero-order chi connectivity index (χ0) is 13.9. The monoisotopic (exact) mass is 273 g/mol. The highest BCUT2D eigenvalue weighted by molar-refractivity contribution is 5.89. The first kappa shape index (κ1) is 12.8. The van der Waals surface area contributed by atoms with Crippen LogP contribution in [0, 0.1) is 0 Å². The molecular weight excluding hydrogens is 258 g/mol. The topological polar surface area (TPSA) is 77.2 Å². The number of hydrogen-bond acceptors (Lipinski definition) is 6. The summed E-state index contributed by atoms with van der Waals surface area (Å²) in [5.74, 6) is 1.15. The van der Waals surface area contributed by atoms with Crippen molar-refractivity contribution in [3.63, 3.8) is 0 Å². The Hall–Kier alpha value is -2.21. The maximum absolute atomic E-state index is 11.4. The lowest BCUT2D eigenvalue weighted by Crippen LogP contribution is -2.08. The van der Waals surface area contributed by atoms with Crippen molar-refractivity contribution >= 4 is 5.97 Å². The van der Waals surface area contributed by atoms with Crippen LogP contribution >= 0.6 is 0 Å². The van der Waals surface area contributed by atoms with Crippen LogP contribution in [0.4, 0.5) is 0 Å². The van der Waals surface area contributed by atoms with E-state index in [1.54, 1.807) is 24.3 Å². The number of methoxy groups -OCH3 is 1. The van der Waals surface area contributed by atoms with Gasteiger partial charge in [0.1, 0.15) is 0 Å². The SMILES string of the molecule is COC(=O)c1ccc(-c2noc([C@H]3CCNC3)n2)cc1. The van der Waals surface area contributed by atoms with Gasteiger partial charge in [-0.15, -0.1) is 0 Å². The molecule has 1 saturated heterocycles. The van der Waals surface area contributed by atoms with Gasteiger partial charge in [0.2, 0.25) is 11.7 Å². The Morgan fingerprint density at radius 3 is 2.85 bits per heavy atom. The number of nitrogens with one attached hydrogen (secondary N) is 1. The highest BCUT2D eigenvalue weighted by Gasteiger charge is 2.23. The predicted molar refractivity (Wildman–Crippen MR) is 71.3 cm³/mol. The number of hydrogen-bond donors (Lipinski definition) is 1. The maximum Gasteiger partial charge on any atom is 0.337 e. The van der Waals surface area contributed by atoms with Crippen molar-refractivity contribution in [1.29, 1.82) is 0 Å². The van der Waals surface area contributed by atoms with Crippen LogP contribution in [0.15, 0.2) is 28.8 Å². The molecule has 2 aromatic rings. The minimum Gasteiger partial charge on any atom is -0.465 e. The Kier molecular flexibility index (Phi) is 3.47. The number of benzene rings is 1. The molecule has 0 radical (unpaired) electrons. The second-order valence-electron chi connectivity index (χ2n) is 4.71. The molecule has 1 aliphatic rings. The van der Waals surface area contributed by atoms with Crippen molar-refractivity contribution in [3.05, 3.63) is 35.7 Å². The van der Waals surface area contributed by atoms with Gasteiger partial charge in [0.15, 0.2) is 0 Å². The number of esters is 1. The Balaban J connectivity index is 1.80. The number of aromatic nitrogens is 2. The van der Waals surface area contributed by atoms with Gasteiger partial charge in [0.25, 0.3) is 0 Å². The van der Waals surface area contributed by atoms with E-state index in [4.69, 9.17) is 4.52 Å². The first-order chi connectivity index (χ1) is 9.78. The lowest BCUT2D eigenvalue weighted by atomic mass is 10.1. The van der Waals surface area contributed by atoms with Gasteiger partial charge in [-0.25, -0.2) is 4.79 Å². The Labute approximate surface area is 116 Å². The second-order valence-corrected chi connectivity index (χ2v) is 4.71. The molecule has 1 aliphatic heterocycles. The van der Waals surface area contributed by atoms with Crippen LogP contribution in [-0.2, 0) is 4.74 Å². The molecule has 6 nitrogen and oxygen atoms in total. The smallest absolute Gasteiger partial charge is 0.337 e. The lowest BCUT2D eigenvalue weighted by molar-refractivity contribution is 0.0601. The van der Waals surface area contributed by atoms with Crippen LogP contribution in [0.2, 0.25) is 0 Å². The van der Waals surface area contributed by atoms with Crippen LogP contribution in [0.25, 0.3) is 11.4 Å². The summed E-state index contributed by atoms with van der Waals surface area (Å²) in [7, 11) is 1.36. The van der Waals surface area contributed by atoms with E-state index in [1.165, 1.54) is 7.11 Å². The number of nitrogens with zero attached hydrogens (tertiary/aromatic N) is 2. The number of rotatable bonds is 3. The van der Waals surface area contributed by atoms with E-state index in [9.17, 15) is 4.79 Å². The van der Waals surface area contributed by atoms with Gasteiger partial charge in [0.05, 0.1) is 18.6 Å². The van der Waals surface area contributed by atoms with Crippen LogP contribution in [0.3, 0.4) is 0 Å². The quantitative estimate of drug-likeness (QED) is 0.856. The summed E-state index contributed by atoms with van der Waals surface area (Å²) in [5, 5.41) is 7.26. The molecule has 0 saturated carbocycles. The van der Waals surface area contributed by atoms with Gasteiger partial charge in [-0.2, -0.15) is 4.98 Å². The minimum absolute atomic E-state index is 0.297. The molecule has 3 rings (SSSR count). The molecule has 1 aromatic carbocycles. The molecular formula is C14H15N3O3. The van der Waals surface area contributed by atoms with Gasteiger partial charge in [-0.05, 0) is 25.1 Å². The molecule has 0 amide bonds. The average Bonchev–Trinajstić information content (AvgIpc) is 3.17. The van der Waals surface area contributed by atoms with E-state index < -0.39 is 0 Å². The zero-order valence-corrected chi connectivity index (χ0v) is 11.1. The summed E-state index contributed by atoms with van der Waals surface area (Å²) in [6.07, 6.45) is 1.02. The van der Waals surface area contributed by atoms with Crippen LogP contribution in [-0.4, -0.2) is 36.3 Å². The first-order valence-electron chi connectivity index (χ1n) is 6.51. The van der Waals surface area contributed by atoms with Gasteiger partial charge in [0, 0.05) is 12.1 Å². The number of ether oxygens (including phenoxy) is 1. The molecule has 104 valence electrons. The van der Waals surface area contributed by atoms with E-state index in [2.05, 4.69) is 20.2 Å². The maximum atomic E-state index is 11.4. The summed E-state index contributed by atoms with van der Waals surface area (Å²) in [6.45, 7) is 1.86. The van der Waals surface area contributed by atoms with Crippen molar-refractivity contribution < 1.29 is 14.1 Å². The molecule has 1 aromatic heterocycles. The molecule has 1 fully saturated rings. The summed E-state index contributed by atoms with van der Waals surface area (Å²) < 4.78 is 9.97. The van der Waals surface area contributed by atoms with Gasteiger partial charge >= 0.3 is 5.97 Å². The van der Waals surface area contributed by atoms with Crippen molar-refractivity contribution in [3.8, 4) is 11.4 Å². The fourth-order valence-electron chi connectivity index (χ4n) is 2.26. The number of carbonyl (C=O) groups is 1. The molecule has 1 N–H and O–H groups in total. The lowest BCUT2D eigenvalue weighted by Gasteiger charge is -2.00. The highest BCUT2D eigenvalue weighted by atomic mass is 16.5. The van der Waals surface area contributed by atoms with Crippen molar-refractivity contribution in [2.24, 2.45) is 0 Å². The highest BCUT2D eigenvalue weighted by Crippen LogP contribution is 2.24. The zero-order valence-electron chi connectivity index (χ0n) is 11.1. The third kappa shape index (κ3) is 2.42. The van der Waals surface area contributed by atoms with E-state index in [0.29, 0.717) is 23.2 Å². The standard InChI is InChI=1S/C14H15N3O3/c1-19-14(18)10-4-2-9(3-5-10)12-16-13(20-17-12)11-6-7-15-8-11/h2-5,11,15H,6-8H2,1H3/t11-/m0/s1. The van der Waals surface area contributed by atoms with E-state index in [-0.39, 0.29) is 5.97 Å². The molecule has 0 aliphatic carbocycles.